The van der Waals surface area contributed by atoms with Crippen molar-refractivity contribution in [2.75, 3.05) is 4.90 Å². The number of carbonyl (C=O) groups excluding carboxylic acids is 2. The molecule has 1 aliphatic carbocycles. The molecule has 0 radical (unpaired) electrons. The van der Waals surface area contributed by atoms with Gasteiger partial charge in [-0.05, 0) is 48.2 Å². The minimum absolute atomic E-state index is 0.0613. The van der Waals surface area contributed by atoms with E-state index in [0.717, 1.165) is 42.5 Å². The zero-order valence-corrected chi connectivity index (χ0v) is 19.9. The smallest absolute Gasteiger partial charge is 0.251 e. The van der Waals surface area contributed by atoms with Crippen LogP contribution in [0.1, 0.15) is 55.6 Å². The third kappa shape index (κ3) is 4.01. The predicted molar refractivity (Wildman–Crippen MR) is 136 cm³/mol. The Balaban J connectivity index is 1.72. The van der Waals surface area contributed by atoms with Crippen LogP contribution in [0.4, 0.5) is 5.69 Å². The highest BCUT2D eigenvalue weighted by Crippen LogP contribution is 2.52. The summed E-state index contributed by atoms with van der Waals surface area (Å²) in [6.45, 7) is 0. The van der Waals surface area contributed by atoms with E-state index in [4.69, 9.17) is 11.6 Å². The van der Waals surface area contributed by atoms with E-state index < -0.39 is 5.54 Å². The second kappa shape index (κ2) is 9.63. The van der Waals surface area contributed by atoms with Crippen LogP contribution in [0.5, 0.6) is 0 Å². The van der Waals surface area contributed by atoms with Gasteiger partial charge in [0, 0.05) is 29.1 Å². The van der Waals surface area contributed by atoms with E-state index in [9.17, 15) is 9.59 Å². The van der Waals surface area contributed by atoms with Crippen LogP contribution in [0.2, 0.25) is 5.02 Å². The fourth-order valence-electron chi connectivity index (χ4n) is 5.70. The molecule has 2 fully saturated rings. The largest absolute Gasteiger partial charge is 0.351 e. The lowest BCUT2D eigenvalue weighted by atomic mass is 9.73. The van der Waals surface area contributed by atoms with Gasteiger partial charge in [0.15, 0.2) is 5.54 Å². The van der Waals surface area contributed by atoms with Crippen LogP contribution in [-0.4, -0.2) is 17.9 Å². The third-order valence-electron chi connectivity index (χ3n) is 7.27. The zero-order chi connectivity index (χ0) is 23.5. The first-order valence-corrected chi connectivity index (χ1v) is 12.5. The van der Waals surface area contributed by atoms with Gasteiger partial charge in [0.2, 0.25) is 5.91 Å². The lowest BCUT2D eigenvalue weighted by molar-refractivity contribution is -0.129. The number of benzene rings is 3. The van der Waals surface area contributed by atoms with Crippen molar-refractivity contribution in [3.8, 4) is 0 Å². The molecule has 2 amide bonds. The Bertz CT molecular complexity index is 1140. The molecule has 1 aliphatic heterocycles. The first-order chi connectivity index (χ1) is 16.6. The lowest BCUT2D eigenvalue weighted by Crippen LogP contribution is -2.58. The molecular weight excluding hydrogens is 444 g/mol. The summed E-state index contributed by atoms with van der Waals surface area (Å²) in [5, 5.41) is 3.96. The van der Waals surface area contributed by atoms with Crippen LogP contribution in [0.3, 0.4) is 0 Å². The molecule has 0 aromatic heterocycles. The minimum atomic E-state index is -1.22. The molecule has 3 aromatic rings. The van der Waals surface area contributed by atoms with Gasteiger partial charge in [-0.15, -0.1) is 0 Å². The molecule has 4 nitrogen and oxygen atoms in total. The highest BCUT2D eigenvalue weighted by atomic mass is 35.5. The van der Waals surface area contributed by atoms with Crippen LogP contribution >= 0.6 is 11.6 Å². The zero-order valence-electron chi connectivity index (χ0n) is 19.1. The first kappa shape index (κ1) is 22.7. The number of rotatable bonds is 5. The molecule has 174 valence electrons. The summed E-state index contributed by atoms with van der Waals surface area (Å²) in [4.78, 5) is 30.0. The summed E-state index contributed by atoms with van der Waals surface area (Å²) in [6.07, 6.45) is 5.62. The molecule has 2 aliphatic rings. The Kier molecular flexibility index (Phi) is 6.42. The Morgan fingerprint density at radius 3 is 2.12 bits per heavy atom. The molecule has 5 heteroatoms. The summed E-state index contributed by atoms with van der Waals surface area (Å²) >= 11 is 6.25. The van der Waals surface area contributed by atoms with Gasteiger partial charge in [-0.25, -0.2) is 0 Å². The summed E-state index contributed by atoms with van der Waals surface area (Å²) in [5.74, 6) is -0.523. The number of amides is 2. The molecule has 1 heterocycles. The van der Waals surface area contributed by atoms with Crippen LogP contribution in [0, 0.1) is 0 Å². The van der Waals surface area contributed by atoms with Gasteiger partial charge >= 0.3 is 0 Å². The van der Waals surface area contributed by atoms with Gasteiger partial charge in [0.25, 0.3) is 5.91 Å². The van der Waals surface area contributed by atoms with E-state index in [-0.39, 0.29) is 30.2 Å². The van der Waals surface area contributed by atoms with E-state index in [2.05, 4.69) is 5.32 Å². The highest BCUT2D eigenvalue weighted by molar-refractivity contribution is 6.30. The van der Waals surface area contributed by atoms with E-state index in [1.807, 2.05) is 72.8 Å². The van der Waals surface area contributed by atoms with Crippen molar-refractivity contribution in [3.63, 3.8) is 0 Å². The normalized spacial score (nSPS) is 23.1. The molecule has 1 saturated carbocycles. The van der Waals surface area contributed by atoms with Gasteiger partial charge < -0.3 is 5.32 Å². The second-order valence-corrected chi connectivity index (χ2v) is 9.75. The molecule has 5 rings (SSSR count). The topological polar surface area (TPSA) is 49.4 Å². The van der Waals surface area contributed by atoms with Gasteiger partial charge in [0.1, 0.15) is 0 Å². The standard InChI is InChI=1S/C29H29ClN2O2/c30-23-18-16-22(17-19-23)29(28(34)31-24-12-6-2-7-13-24)26(21-10-4-1-5-11-21)20-27(33)32(29)25-14-8-3-9-15-25/h1,3-5,8-11,14-19,24,26H,2,6-7,12-13,20H2,(H,31,34)/t26-,29+/m0/s1. The summed E-state index contributed by atoms with van der Waals surface area (Å²) < 4.78 is 0. The van der Waals surface area contributed by atoms with Gasteiger partial charge in [-0.3, -0.25) is 14.5 Å². The summed E-state index contributed by atoms with van der Waals surface area (Å²) in [6, 6.07) is 27.0. The van der Waals surface area contributed by atoms with Gasteiger partial charge in [-0.2, -0.15) is 0 Å². The Hall–Kier alpha value is -3.11. The third-order valence-corrected chi connectivity index (χ3v) is 7.52. The van der Waals surface area contributed by atoms with E-state index in [0.29, 0.717) is 5.02 Å². The van der Waals surface area contributed by atoms with Crippen molar-refractivity contribution in [2.24, 2.45) is 0 Å². The number of carbonyl (C=O) groups is 2. The van der Waals surface area contributed by atoms with Crippen molar-refractivity contribution in [1.82, 2.24) is 5.32 Å². The molecule has 0 bridgehead atoms. The molecule has 2 atom stereocenters. The van der Waals surface area contributed by atoms with E-state index in [1.165, 1.54) is 6.42 Å². The fraction of sp³-hybridized carbons (Fsp3) is 0.310. The van der Waals surface area contributed by atoms with Crippen molar-refractivity contribution in [2.45, 2.75) is 56.0 Å². The van der Waals surface area contributed by atoms with Crippen LogP contribution < -0.4 is 10.2 Å². The van der Waals surface area contributed by atoms with Crippen LogP contribution in [-0.2, 0) is 15.1 Å². The summed E-state index contributed by atoms with van der Waals surface area (Å²) in [5.41, 5.74) is 1.25. The van der Waals surface area contributed by atoms with Crippen molar-refractivity contribution in [3.05, 3.63) is 101 Å². The SMILES string of the molecule is O=C1C[C@@H](c2ccccc2)[C@@](C(=O)NC2CCCCC2)(c2ccc(Cl)cc2)N1c1ccccc1. The Morgan fingerprint density at radius 1 is 0.853 bits per heavy atom. The van der Waals surface area contributed by atoms with Gasteiger partial charge in [-0.1, -0.05) is 91.5 Å². The van der Waals surface area contributed by atoms with Gasteiger partial charge in [0.05, 0.1) is 0 Å². The number of nitrogens with zero attached hydrogens (tertiary/aromatic N) is 1. The van der Waals surface area contributed by atoms with Crippen molar-refractivity contribution >= 4 is 29.1 Å². The molecular formula is C29H29ClN2O2. The first-order valence-electron chi connectivity index (χ1n) is 12.1. The number of para-hydroxylation sites is 1. The van der Waals surface area contributed by atoms with Crippen molar-refractivity contribution in [1.29, 1.82) is 0 Å². The van der Waals surface area contributed by atoms with Crippen LogP contribution in [0.25, 0.3) is 0 Å². The average Bonchev–Trinajstić information content (AvgIpc) is 3.20. The molecule has 1 saturated heterocycles. The monoisotopic (exact) mass is 472 g/mol. The maximum absolute atomic E-state index is 14.5. The summed E-state index contributed by atoms with van der Waals surface area (Å²) in [7, 11) is 0. The lowest BCUT2D eigenvalue weighted by Gasteiger charge is -2.42. The maximum atomic E-state index is 14.5. The molecule has 1 N–H and O–H groups in total. The molecule has 0 spiro atoms. The fourth-order valence-corrected chi connectivity index (χ4v) is 5.83. The minimum Gasteiger partial charge on any atom is -0.351 e. The number of hydrogen-bond acceptors (Lipinski definition) is 2. The van der Waals surface area contributed by atoms with E-state index in [1.54, 1.807) is 17.0 Å². The van der Waals surface area contributed by atoms with Crippen molar-refractivity contribution < 1.29 is 9.59 Å². The molecule has 0 unspecified atom stereocenters. The highest BCUT2D eigenvalue weighted by Gasteiger charge is 2.60. The molecule has 34 heavy (non-hydrogen) atoms. The number of halogens is 1. The molecule has 3 aromatic carbocycles. The Morgan fingerprint density at radius 2 is 1.47 bits per heavy atom. The number of hydrogen-bond donors (Lipinski definition) is 1. The number of nitrogens with one attached hydrogen (secondary N) is 1. The van der Waals surface area contributed by atoms with Crippen LogP contribution in [0.15, 0.2) is 84.9 Å². The quantitative estimate of drug-likeness (QED) is 0.480. The van der Waals surface area contributed by atoms with E-state index >= 15 is 0 Å². The maximum Gasteiger partial charge on any atom is 0.251 e. The predicted octanol–water partition coefficient (Wildman–Crippen LogP) is 6.20. The number of anilines is 1. The Labute approximate surface area is 205 Å². The second-order valence-electron chi connectivity index (χ2n) is 9.31. The average molecular weight is 473 g/mol.